The Morgan fingerprint density at radius 3 is 2.67 bits per heavy atom. The molecule has 0 heterocycles. The van der Waals surface area contributed by atoms with Gasteiger partial charge in [-0.05, 0) is 13.8 Å². The van der Waals surface area contributed by atoms with Crippen molar-refractivity contribution in [2.24, 2.45) is 4.99 Å². The summed E-state index contributed by atoms with van der Waals surface area (Å²) in [7, 11) is 0. The van der Waals surface area contributed by atoms with Gasteiger partial charge in [0.2, 0.25) is 0 Å². The molecule has 3 heteroatoms. The Bertz CT molecular complexity index is 120. The van der Waals surface area contributed by atoms with Gasteiger partial charge in [0, 0.05) is 12.3 Å². The van der Waals surface area contributed by atoms with Gasteiger partial charge in [0.25, 0.3) is 0 Å². The van der Waals surface area contributed by atoms with Gasteiger partial charge in [-0.2, -0.15) is 0 Å². The fourth-order valence-electron chi connectivity index (χ4n) is 0.342. The molecule has 0 saturated heterocycles. The van der Waals surface area contributed by atoms with Gasteiger partial charge in [0.15, 0.2) is 5.12 Å². The van der Waals surface area contributed by atoms with Crippen molar-refractivity contribution in [1.29, 1.82) is 0 Å². The maximum Gasteiger partial charge on any atom is 0.191 e. The van der Waals surface area contributed by atoms with E-state index in [4.69, 9.17) is 0 Å². The minimum absolute atomic E-state index is 0.139. The van der Waals surface area contributed by atoms with Crippen molar-refractivity contribution in [3.8, 4) is 0 Å². The summed E-state index contributed by atoms with van der Waals surface area (Å²) in [5.74, 6) is 0. The minimum Gasteiger partial charge on any atom is -0.294 e. The molecule has 0 atom stereocenters. The van der Waals surface area contributed by atoms with Crippen LogP contribution >= 0.6 is 12.6 Å². The van der Waals surface area contributed by atoms with Gasteiger partial charge < -0.3 is 0 Å². The average molecular weight is 145 g/mol. The molecule has 0 aliphatic heterocycles. The van der Waals surface area contributed by atoms with Crippen LogP contribution < -0.4 is 0 Å². The molecule has 0 rings (SSSR count). The van der Waals surface area contributed by atoms with Crippen molar-refractivity contribution >= 4 is 24.0 Å². The van der Waals surface area contributed by atoms with E-state index in [0.717, 1.165) is 0 Å². The van der Waals surface area contributed by atoms with Crippen LogP contribution in [-0.2, 0) is 4.79 Å². The third-order valence-electron chi connectivity index (χ3n) is 0.669. The number of hydrogen-bond donors (Lipinski definition) is 1. The summed E-state index contributed by atoms with van der Waals surface area (Å²) in [5.41, 5.74) is 0. The summed E-state index contributed by atoms with van der Waals surface area (Å²) in [6, 6.07) is 0.276. The van der Waals surface area contributed by atoms with Crippen molar-refractivity contribution in [3.05, 3.63) is 0 Å². The van der Waals surface area contributed by atoms with E-state index in [1.54, 1.807) is 6.21 Å². The first-order valence-electron chi connectivity index (χ1n) is 2.86. The summed E-state index contributed by atoms with van der Waals surface area (Å²) in [5, 5.41) is -0.139. The second-order valence-corrected chi connectivity index (χ2v) is 2.52. The largest absolute Gasteiger partial charge is 0.294 e. The summed E-state index contributed by atoms with van der Waals surface area (Å²) in [4.78, 5) is 14.2. The Balaban J connectivity index is 3.36. The SMILES string of the molecule is CC(C)N=CCC(=O)S. The highest BCUT2D eigenvalue weighted by Crippen LogP contribution is 1.87. The van der Waals surface area contributed by atoms with Crippen molar-refractivity contribution < 1.29 is 4.79 Å². The Labute approximate surface area is 60.8 Å². The monoisotopic (exact) mass is 145 g/mol. The Morgan fingerprint density at radius 2 is 2.33 bits per heavy atom. The van der Waals surface area contributed by atoms with Gasteiger partial charge >= 0.3 is 0 Å². The molecular weight excluding hydrogens is 134 g/mol. The van der Waals surface area contributed by atoms with Crippen LogP contribution in [0.25, 0.3) is 0 Å². The third-order valence-corrected chi connectivity index (χ3v) is 0.852. The van der Waals surface area contributed by atoms with Gasteiger partial charge in [-0.1, -0.05) is 0 Å². The zero-order valence-corrected chi connectivity index (χ0v) is 6.56. The maximum atomic E-state index is 10.2. The zero-order chi connectivity index (χ0) is 7.28. The molecule has 0 saturated carbocycles. The molecule has 0 aromatic rings. The van der Waals surface area contributed by atoms with E-state index in [2.05, 4.69) is 17.6 Å². The van der Waals surface area contributed by atoms with Crippen LogP contribution in [-0.4, -0.2) is 17.4 Å². The van der Waals surface area contributed by atoms with Crippen molar-refractivity contribution in [2.75, 3.05) is 0 Å². The normalized spacial score (nSPS) is 11.1. The predicted octanol–water partition coefficient (Wildman–Crippen LogP) is 1.31. The van der Waals surface area contributed by atoms with Crippen LogP contribution in [0.2, 0.25) is 0 Å². The molecule has 0 N–H and O–H groups in total. The molecule has 0 aliphatic rings. The summed E-state index contributed by atoms with van der Waals surface area (Å²) < 4.78 is 0. The second kappa shape index (κ2) is 4.56. The van der Waals surface area contributed by atoms with Gasteiger partial charge in [0.05, 0.1) is 6.42 Å². The topological polar surface area (TPSA) is 29.4 Å². The molecule has 0 aromatic heterocycles. The first-order chi connectivity index (χ1) is 4.13. The number of carbonyl (C=O) groups is 1. The Hall–Kier alpha value is -0.310. The number of carbonyl (C=O) groups excluding carboxylic acids is 1. The number of rotatable bonds is 3. The maximum absolute atomic E-state index is 10.2. The van der Waals surface area contributed by atoms with Crippen LogP contribution in [0, 0.1) is 0 Å². The van der Waals surface area contributed by atoms with Crippen molar-refractivity contribution in [2.45, 2.75) is 26.3 Å². The lowest BCUT2D eigenvalue weighted by atomic mass is 10.4. The Kier molecular flexibility index (Phi) is 4.40. The summed E-state index contributed by atoms with van der Waals surface area (Å²) >= 11 is 3.57. The van der Waals surface area contributed by atoms with Crippen molar-refractivity contribution in [1.82, 2.24) is 0 Å². The summed E-state index contributed by atoms with van der Waals surface area (Å²) in [6.07, 6.45) is 1.93. The quantitative estimate of drug-likeness (QED) is 0.471. The molecule has 52 valence electrons. The molecule has 9 heavy (non-hydrogen) atoms. The molecule has 0 fully saturated rings. The third kappa shape index (κ3) is 7.69. The van der Waals surface area contributed by atoms with E-state index in [-0.39, 0.29) is 11.2 Å². The predicted molar refractivity (Wildman–Crippen MR) is 42.2 cm³/mol. The molecule has 0 aromatic carbocycles. The molecule has 2 nitrogen and oxygen atoms in total. The van der Waals surface area contributed by atoms with Crippen LogP contribution in [0.15, 0.2) is 4.99 Å². The number of nitrogens with zero attached hydrogens (tertiary/aromatic N) is 1. The highest BCUT2D eigenvalue weighted by Gasteiger charge is 1.88. The molecular formula is C6H11NOS. The first kappa shape index (κ1) is 8.69. The number of thiol groups is 1. The fourth-order valence-corrected chi connectivity index (χ4v) is 0.423. The van der Waals surface area contributed by atoms with Gasteiger partial charge in [0.1, 0.15) is 0 Å². The number of aliphatic imine (C=N–C) groups is 1. The molecule has 0 amide bonds. The second-order valence-electron chi connectivity index (χ2n) is 2.02. The first-order valence-corrected chi connectivity index (χ1v) is 3.31. The van der Waals surface area contributed by atoms with Crippen molar-refractivity contribution in [3.63, 3.8) is 0 Å². The highest BCUT2D eigenvalue weighted by molar-refractivity contribution is 7.96. The highest BCUT2D eigenvalue weighted by atomic mass is 32.1. The summed E-state index contributed by atoms with van der Waals surface area (Å²) in [6.45, 7) is 3.92. The lowest BCUT2D eigenvalue weighted by Crippen LogP contribution is -1.92. The van der Waals surface area contributed by atoms with E-state index in [0.29, 0.717) is 6.42 Å². The lowest BCUT2D eigenvalue weighted by molar-refractivity contribution is -0.109. The minimum atomic E-state index is -0.139. The van der Waals surface area contributed by atoms with E-state index in [9.17, 15) is 4.79 Å². The lowest BCUT2D eigenvalue weighted by Gasteiger charge is -1.91. The Morgan fingerprint density at radius 1 is 1.78 bits per heavy atom. The zero-order valence-electron chi connectivity index (χ0n) is 5.66. The fraction of sp³-hybridized carbons (Fsp3) is 0.667. The molecule has 0 spiro atoms. The van der Waals surface area contributed by atoms with Crippen LogP contribution in [0.4, 0.5) is 0 Å². The average Bonchev–Trinajstić information content (AvgIpc) is 1.63. The smallest absolute Gasteiger partial charge is 0.191 e. The standard InChI is InChI=1S/C6H11NOS/c1-5(2)7-4-3-6(8)9/h4-5H,3H2,1-2H3,(H,8,9). The van der Waals surface area contributed by atoms with Gasteiger partial charge in [-0.3, -0.25) is 9.79 Å². The van der Waals surface area contributed by atoms with E-state index < -0.39 is 0 Å². The molecule has 0 unspecified atom stereocenters. The van der Waals surface area contributed by atoms with E-state index in [1.165, 1.54) is 0 Å². The van der Waals surface area contributed by atoms with Gasteiger partial charge in [-0.25, -0.2) is 0 Å². The van der Waals surface area contributed by atoms with Crippen LogP contribution in [0.3, 0.4) is 0 Å². The molecule has 0 aliphatic carbocycles. The number of hydrogen-bond acceptors (Lipinski definition) is 2. The van der Waals surface area contributed by atoms with Crippen LogP contribution in [0.5, 0.6) is 0 Å². The van der Waals surface area contributed by atoms with E-state index >= 15 is 0 Å². The molecule has 0 radical (unpaired) electrons. The van der Waals surface area contributed by atoms with Crippen LogP contribution in [0.1, 0.15) is 20.3 Å². The molecule has 0 bridgehead atoms. The van der Waals surface area contributed by atoms with E-state index in [1.807, 2.05) is 13.8 Å². The van der Waals surface area contributed by atoms with Gasteiger partial charge in [-0.15, -0.1) is 12.6 Å².